The fourth-order valence-corrected chi connectivity index (χ4v) is 2.43. The Labute approximate surface area is 148 Å². The van der Waals surface area contributed by atoms with Gasteiger partial charge in [-0.25, -0.2) is 0 Å². The van der Waals surface area contributed by atoms with Crippen LogP contribution in [0.15, 0.2) is 29.5 Å². The highest BCUT2D eigenvalue weighted by atomic mass is 16.5. The van der Waals surface area contributed by atoms with E-state index in [1.165, 1.54) is 0 Å². The lowest BCUT2D eigenvalue weighted by Gasteiger charge is -2.14. The van der Waals surface area contributed by atoms with Gasteiger partial charge in [-0.15, -0.1) is 10.2 Å². The Morgan fingerprint density at radius 2 is 2.00 bits per heavy atom. The Balaban J connectivity index is 1.84. The van der Waals surface area contributed by atoms with Crippen LogP contribution < -0.4 is 20.1 Å². The summed E-state index contributed by atoms with van der Waals surface area (Å²) in [6.45, 7) is 4.22. The van der Waals surface area contributed by atoms with Crippen LogP contribution in [-0.2, 0) is 19.5 Å². The molecular weight excluding hydrogens is 320 g/mol. The van der Waals surface area contributed by atoms with E-state index in [-0.39, 0.29) is 0 Å². The van der Waals surface area contributed by atoms with Crippen molar-refractivity contribution in [1.29, 1.82) is 0 Å². The van der Waals surface area contributed by atoms with Crippen LogP contribution in [0, 0.1) is 0 Å². The Morgan fingerprint density at radius 1 is 1.20 bits per heavy atom. The average Bonchev–Trinajstić information content (AvgIpc) is 3.11. The van der Waals surface area contributed by atoms with E-state index < -0.39 is 0 Å². The van der Waals surface area contributed by atoms with Crippen LogP contribution in [0.5, 0.6) is 11.5 Å². The molecule has 2 N–H and O–H groups in total. The van der Waals surface area contributed by atoms with Crippen LogP contribution in [0.3, 0.4) is 0 Å². The topological polar surface area (TPSA) is 85.6 Å². The van der Waals surface area contributed by atoms with Crippen LogP contribution in [-0.4, -0.2) is 48.5 Å². The molecule has 2 rings (SSSR count). The first kappa shape index (κ1) is 18.6. The standard InChI is InChI=1S/C17H26N6O2/c1-5-16-22-21-12-23(16)9-8-19-17(18-2)20-11-13-6-7-14(24-3)15(10-13)25-4/h6-7,10,12H,5,8-9,11H2,1-4H3,(H2,18,19,20). The summed E-state index contributed by atoms with van der Waals surface area (Å²) in [6, 6.07) is 5.83. The Hall–Kier alpha value is -2.77. The normalized spacial score (nSPS) is 11.3. The highest BCUT2D eigenvalue weighted by Crippen LogP contribution is 2.27. The summed E-state index contributed by atoms with van der Waals surface area (Å²) in [6.07, 6.45) is 2.62. The molecular formula is C17H26N6O2. The SMILES string of the molecule is CCc1nncn1CCNC(=NC)NCc1ccc(OC)c(OC)c1. The summed E-state index contributed by atoms with van der Waals surface area (Å²) >= 11 is 0. The zero-order valence-corrected chi connectivity index (χ0v) is 15.2. The lowest BCUT2D eigenvalue weighted by molar-refractivity contribution is 0.354. The third-order valence-electron chi connectivity index (χ3n) is 3.79. The number of rotatable bonds is 8. The maximum Gasteiger partial charge on any atom is 0.191 e. The minimum absolute atomic E-state index is 0.632. The van der Waals surface area contributed by atoms with Gasteiger partial charge in [-0.3, -0.25) is 4.99 Å². The smallest absolute Gasteiger partial charge is 0.191 e. The van der Waals surface area contributed by atoms with Crippen molar-refractivity contribution >= 4 is 5.96 Å². The van der Waals surface area contributed by atoms with Gasteiger partial charge < -0.3 is 24.7 Å². The lowest BCUT2D eigenvalue weighted by Crippen LogP contribution is -2.38. The maximum atomic E-state index is 5.32. The van der Waals surface area contributed by atoms with Gasteiger partial charge in [-0.05, 0) is 17.7 Å². The molecule has 1 aromatic heterocycles. The molecule has 0 aliphatic carbocycles. The van der Waals surface area contributed by atoms with Crippen molar-refractivity contribution in [3.63, 3.8) is 0 Å². The van der Waals surface area contributed by atoms with E-state index in [2.05, 4.69) is 32.7 Å². The molecule has 2 aromatic rings. The first-order chi connectivity index (χ1) is 12.2. The van der Waals surface area contributed by atoms with Crippen molar-refractivity contribution in [2.75, 3.05) is 27.8 Å². The first-order valence-corrected chi connectivity index (χ1v) is 8.23. The molecule has 0 saturated heterocycles. The fraction of sp³-hybridized carbons (Fsp3) is 0.471. The largest absolute Gasteiger partial charge is 0.493 e. The molecule has 0 atom stereocenters. The third-order valence-corrected chi connectivity index (χ3v) is 3.79. The summed E-state index contributed by atoms with van der Waals surface area (Å²) in [5.74, 6) is 3.15. The molecule has 0 spiro atoms. The van der Waals surface area contributed by atoms with Crippen LogP contribution >= 0.6 is 0 Å². The number of guanidine groups is 1. The number of aromatic nitrogens is 3. The number of aryl methyl sites for hydroxylation is 1. The highest BCUT2D eigenvalue weighted by molar-refractivity contribution is 5.79. The second-order valence-corrected chi connectivity index (χ2v) is 5.34. The van der Waals surface area contributed by atoms with E-state index in [4.69, 9.17) is 9.47 Å². The summed E-state index contributed by atoms with van der Waals surface area (Å²) in [5, 5.41) is 14.6. The van der Waals surface area contributed by atoms with E-state index in [0.29, 0.717) is 12.3 Å². The Bertz CT molecular complexity index is 698. The van der Waals surface area contributed by atoms with Crippen molar-refractivity contribution in [3.8, 4) is 11.5 Å². The molecule has 0 aliphatic heterocycles. The van der Waals surface area contributed by atoms with Crippen molar-refractivity contribution < 1.29 is 9.47 Å². The van der Waals surface area contributed by atoms with Gasteiger partial charge in [0.05, 0.1) is 14.2 Å². The molecule has 0 amide bonds. The Kier molecular flexibility index (Phi) is 7.06. The van der Waals surface area contributed by atoms with E-state index in [0.717, 1.165) is 42.6 Å². The van der Waals surface area contributed by atoms with Crippen LogP contribution in [0.1, 0.15) is 18.3 Å². The zero-order valence-electron chi connectivity index (χ0n) is 15.2. The molecule has 0 fully saturated rings. The monoisotopic (exact) mass is 346 g/mol. The van der Waals surface area contributed by atoms with Gasteiger partial charge in [0.25, 0.3) is 0 Å². The molecule has 8 heteroatoms. The molecule has 0 saturated carbocycles. The number of benzene rings is 1. The highest BCUT2D eigenvalue weighted by Gasteiger charge is 2.06. The van der Waals surface area contributed by atoms with E-state index in [1.807, 2.05) is 22.8 Å². The van der Waals surface area contributed by atoms with Gasteiger partial charge in [-0.2, -0.15) is 0 Å². The zero-order chi connectivity index (χ0) is 18.1. The second-order valence-electron chi connectivity index (χ2n) is 5.34. The quantitative estimate of drug-likeness (QED) is 0.552. The maximum absolute atomic E-state index is 5.32. The average molecular weight is 346 g/mol. The number of methoxy groups -OCH3 is 2. The molecule has 8 nitrogen and oxygen atoms in total. The van der Waals surface area contributed by atoms with Crippen molar-refractivity contribution in [3.05, 3.63) is 35.9 Å². The number of hydrogen-bond donors (Lipinski definition) is 2. The predicted octanol–water partition coefficient (Wildman–Crippen LogP) is 1.22. The number of nitrogens with zero attached hydrogens (tertiary/aromatic N) is 4. The van der Waals surface area contributed by atoms with Gasteiger partial charge in [0.1, 0.15) is 12.2 Å². The minimum atomic E-state index is 0.632. The van der Waals surface area contributed by atoms with Crippen LogP contribution in [0.4, 0.5) is 0 Å². The minimum Gasteiger partial charge on any atom is -0.493 e. The van der Waals surface area contributed by atoms with Gasteiger partial charge in [0.2, 0.25) is 0 Å². The summed E-state index contributed by atoms with van der Waals surface area (Å²) < 4.78 is 12.6. The van der Waals surface area contributed by atoms with E-state index in [1.54, 1.807) is 27.6 Å². The van der Waals surface area contributed by atoms with Crippen LogP contribution in [0.25, 0.3) is 0 Å². The number of ether oxygens (including phenoxy) is 2. The second kappa shape index (κ2) is 9.51. The van der Waals surface area contributed by atoms with E-state index in [9.17, 15) is 0 Å². The molecule has 0 radical (unpaired) electrons. The molecule has 1 aromatic carbocycles. The fourth-order valence-electron chi connectivity index (χ4n) is 2.43. The molecule has 0 bridgehead atoms. The number of hydrogen-bond acceptors (Lipinski definition) is 5. The van der Waals surface area contributed by atoms with E-state index >= 15 is 0 Å². The van der Waals surface area contributed by atoms with Gasteiger partial charge in [0.15, 0.2) is 17.5 Å². The Morgan fingerprint density at radius 3 is 2.68 bits per heavy atom. The van der Waals surface area contributed by atoms with Crippen molar-refractivity contribution in [2.24, 2.45) is 4.99 Å². The molecule has 1 heterocycles. The molecule has 25 heavy (non-hydrogen) atoms. The summed E-state index contributed by atoms with van der Waals surface area (Å²) in [4.78, 5) is 4.24. The van der Waals surface area contributed by atoms with Crippen molar-refractivity contribution in [2.45, 2.75) is 26.4 Å². The number of aliphatic imine (C=N–C) groups is 1. The van der Waals surface area contributed by atoms with Gasteiger partial charge in [0, 0.05) is 33.1 Å². The first-order valence-electron chi connectivity index (χ1n) is 8.23. The number of nitrogens with one attached hydrogen (secondary N) is 2. The molecule has 0 unspecified atom stereocenters. The lowest BCUT2D eigenvalue weighted by atomic mass is 10.2. The molecule has 0 aliphatic rings. The summed E-state index contributed by atoms with van der Waals surface area (Å²) in [7, 11) is 5.01. The summed E-state index contributed by atoms with van der Waals surface area (Å²) in [5.41, 5.74) is 1.08. The van der Waals surface area contributed by atoms with Gasteiger partial charge in [-0.1, -0.05) is 13.0 Å². The third kappa shape index (κ3) is 5.10. The van der Waals surface area contributed by atoms with Crippen molar-refractivity contribution in [1.82, 2.24) is 25.4 Å². The van der Waals surface area contributed by atoms with Gasteiger partial charge >= 0.3 is 0 Å². The van der Waals surface area contributed by atoms with Crippen LogP contribution in [0.2, 0.25) is 0 Å². The predicted molar refractivity (Wildman–Crippen MR) is 97.1 cm³/mol. The molecule has 136 valence electrons.